The van der Waals surface area contributed by atoms with E-state index in [4.69, 9.17) is 18.9 Å². The van der Waals surface area contributed by atoms with Gasteiger partial charge in [0.15, 0.2) is 11.5 Å². The third-order valence-electron chi connectivity index (χ3n) is 3.00. The minimum Gasteiger partial charge on any atom is -0.494 e. The van der Waals surface area contributed by atoms with E-state index < -0.39 is 0 Å². The van der Waals surface area contributed by atoms with Gasteiger partial charge in [-0.1, -0.05) is 18.2 Å². The zero-order valence-corrected chi connectivity index (χ0v) is 13.1. The van der Waals surface area contributed by atoms with Crippen LogP contribution < -0.4 is 18.9 Å². The molecule has 2 aromatic carbocycles. The topological polar surface area (TPSA) is 36.9 Å². The van der Waals surface area contributed by atoms with Gasteiger partial charge in [-0.25, -0.2) is 0 Å². The molecule has 0 aliphatic carbocycles. The molecule has 0 bridgehead atoms. The van der Waals surface area contributed by atoms with Crippen LogP contribution in [-0.4, -0.2) is 26.9 Å². The van der Waals surface area contributed by atoms with Crippen molar-refractivity contribution in [3.8, 4) is 23.0 Å². The standard InChI is InChI=1S/C18H22O4/c1-3-20-15-8-6-9-16(14-15)21-12-7-13-22-18-11-5-4-10-17(18)19-2/h4-6,8-11,14H,3,7,12-13H2,1-2H3. The summed E-state index contributed by atoms with van der Waals surface area (Å²) in [5.74, 6) is 3.13. The number of para-hydroxylation sites is 2. The van der Waals surface area contributed by atoms with Crippen LogP contribution in [-0.2, 0) is 0 Å². The number of rotatable bonds is 9. The van der Waals surface area contributed by atoms with Crippen molar-refractivity contribution in [3.05, 3.63) is 48.5 Å². The molecule has 0 radical (unpaired) electrons. The van der Waals surface area contributed by atoms with E-state index in [9.17, 15) is 0 Å². The van der Waals surface area contributed by atoms with Crippen LogP contribution in [0.1, 0.15) is 13.3 Å². The normalized spacial score (nSPS) is 10.1. The van der Waals surface area contributed by atoms with Crippen LogP contribution in [0.25, 0.3) is 0 Å². The second-order valence-corrected chi connectivity index (χ2v) is 4.61. The largest absolute Gasteiger partial charge is 0.494 e. The molecule has 0 heterocycles. The molecule has 4 nitrogen and oxygen atoms in total. The Kier molecular flexibility index (Phi) is 6.42. The summed E-state index contributed by atoms with van der Waals surface area (Å²) in [6.07, 6.45) is 0.789. The van der Waals surface area contributed by atoms with Crippen LogP contribution in [0, 0.1) is 0 Å². The number of hydrogen-bond acceptors (Lipinski definition) is 4. The van der Waals surface area contributed by atoms with E-state index in [1.54, 1.807) is 7.11 Å². The molecule has 0 unspecified atom stereocenters. The van der Waals surface area contributed by atoms with Gasteiger partial charge in [0.2, 0.25) is 0 Å². The lowest BCUT2D eigenvalue weighted by molar-refractivity contribution is 0.239. The molecule has 0 saturated carbocycles. The van der Waals surface area contributed by atoms with Crippen molar-refractivity contribution in [2.45, 2.75) is 13.3 Å². The lowest BCUT2D eigenvalue weighted by atomic mass is 10.3. The number of methoxy groups -OCH3 is 1. The van der Waals surface area contributed by atoms with Crippen molar-refractivity contribution >= 4 is 0 Å². The van der Waals surface area contributed by atoms with E-state index in [2.05, 4.69) is 0 Å². The fourth-order valence-corrected chi connectivity index (χ4v) is 1.99. The fraction of sp³-hybridized carbons (Fsp3) is 0.333. The summed E-state index contributed by atoms with van der Waals surface area (Å²) in [5, 5.41) is 0. The van der Waals surface area contributed by atoms with Gasteiger partial charge in [0.05, 0.1) is 26.9 Å². The van der Waals surface area contributed by atoms with Gasteiger partial charge in [0.1, 0.15) is 11.5 Å². The summed E-state index contributed by atoms with van der Waals surface area (Å²) in [5.41, 5.74) is 0. The molecule has 22 heavy (non-hydrogen) atoms. The van der Waals surface area contributed by atoms with E-state index >= 15 is 0 Å². The Balaban J connectivity index is 1.72. The summed E-state index contributed by atoms with van der Waals surface area (Å²) in [6.45, 7) is 3.77. The minimum atomic E-state index is 0.575. The summed E-state index contributed by atoms with van der Waals surface area (Å²) in [6, 6.07) is 15.3. The predicted octanol–water partition coefficient (Wildman–Crippen LogP) is 3.94. The third kappa shape index (κ3) is 4.88. The highest BCUT2D eigenvalue weighted by Crippen LogP contribution is 2.25. The maximum atomic E-state index is 5.70. The maximum absolute atomic E-state index is 5.70. The summed E-state index contributed by atoms with van der Waals surface area (Å²) in [7, 11) is 1.64. The van der Waals surface area contributed by atoms with Gasteiger partial charge in [0.25, 0.3) is 0 Å². The Bertz CT molecular complexity index is 569. The van der Waals surface area contributed by atoms with Gasteiger partial charge in [-0.15, -0.1) is 0 Å². The van der Waals surface area contributed by atoms with E-state index in [1.165, 1.54) is 0 Å². The van der Waals surface area contributed by atoms with E-state index in [1.807, 2.05) is 55.5 Å². The van der Waals surface area contributed by atoms with Gasteiger partial charge in [0, 0.05) is 12.5 Å². The van der Waals surface area contributed by atoms with E-state index in [0.29, 0.717) is 19.8 Å². The van der Waals surface area contributed by atoms with Crippen LogP contribution in [0.15, 0.2) is 48.5 Å². The van der Waals surface area contributed by atoms with E-state index in [-0.39, 0.29) is 0 Å². The molecule has 0 atom stereocenters. The van der Waals surface area contributed by atoms with Crippen LogP contribution in [0.2, 0.25) is 0 Å². The highest BCUT2D eigenvalue weighted by Gasteiger charge is 2.02. The summed E-state index contributed by atoms with van der Waals surface area (Å²) < 4.78 is 22.1. The molecule has 0 aliphatic rings. The van der Waals surface area contributed by atoms with Crippen molar-refractivity contribution in [2.75, 3.05) is 26.9 Å². The average Bonchev–Trinajstić information content (AvgIpc) is 2.55. The molecule has 2 rings (SSSR count). The number of benzene rings is 2. The molecule has 2 aromatic rings. The zero-order valence-electron chi connectivity index (χ0n) is 13.1. The van der Waals surface area contributed by atoms with Gasteiger partial charge in [-0.05, 0) is 31.2 Å². The first-order chi connectivity index (χ1) is 10.8. The molecule has 4 heteroatoms. The number of ether oxygens (including phenoxy) is 4. The van der Waals surface area contributed by atoms with Crippen molar-refractivity contribution in [2.24, 2.45) is 0 Å². The summed E-state index contributed by atoms with van der Waals surface area (Å²) >= 11 is 0. The van der Waals surface area contributed by atoms with Crippen molar-refractivity contribution in [3.63, 3.8) is 0 Å². The first-order valence-electron chi connectivity index (χ1n) is 7.45. The average molecular weight is 302 g/mol. The maximum Gasteiger partial charge on any atom is 0.161 e. The highest BCUT2D eigenvalue weighted by atomic mass is 16.5. The molecule has 0 fully saturated rings. The smallest absolute Gasteiger partial charge is 0.161 e. The van der Waals surface area contributed by atoms with E-state index in [0.717, 1.165) is 29.4 Å². The number of hydrogen-bond donors (Lipinski definition) is 0. The third-order valence-corrected chi connectivity index (χ3v) is 3.00. The lowest BCUT2D eigenvalue weighted by Gasteiger charge is -2.11. The monoisotopic (exact) mass is 302 g/mol. The first-order valence-corrected chi connectivity index (χ1v) is 7.45. The van der Waals surface area contributed by atoms with Crippen molar-refractivity contribution < 1.29 is 18.9 Å². The second-order valence-electron chi connectivity index (χ2n) is 4.61. The molecule has 0 aliphatic heterocycles. The molecule has 0 aromatic heterocycles. The van der Waals surface area contributed by atoms with Gasteiger partial charge in [-0.3, -0.25) is 0 Å². The molecule has 0 amide bonds. The Morgan fingerprint density at radius 3 is 2.18 bits per heavy atom. The molecular formula is C18H22O4. The minimum absolute atomic E-state index is 0.575. The molecule has 0 N–H and O–H groups in total. The Morgan fingerprint density at radius 2 is 1.45 bits per heavy atom. The molecule has 0 saturated heterocycles. The van der Waals surface area contributed by atoms with Gasteiger partial charge in [-0.2, -0.15) is 0 Å². The Morgan fingerprint density at radius 1 is 0.773 bits per heavy atom. The quantitative estimate of drug-likeness (QED) is 0.657. The van der Waals surface area contributed by atoms with Crippen molar-refractivity contribution in [1.82, 2.24) is 0 Å². The second kappa shape index (κ2) is 8.82. The first kappa shape index (κ1) is 16.0. The fourth-order valence-electron chi connectivity index (χ4n) is 1.99. The zero-order chi connectivity index (χ0) is 15.6. The predicted molar refractivity (Wildman–Crippen MR) is 86.2 cm³/mol. The molecule has 118 valence electrons. The SMILES string of the molecule is CCOc1cccc(OCCCOc2ccccc2OC)c1. The van der Waals surface area contributed by atoms with Gasteiger partial charge < -0.3 is 18.9 Å². The van der Waals surface area contributed by atoms with Crippen LogP contribution >= 0.6 is 0 Å². The van der Waals surface area contributed by atoms with Gasteiger partial charge >= 0.3 is 0 Å². The summed E-state index contributed by atoms with van der Waals surface area (Å²) in [4.78, 5) is 0. The van der Waals surface area contributed by atoms with Crippen LogP contribution in [0.3, 0.4) is 0 Å². The molecular weight excluding hydrogens is 280 g/mol. The molecule has 0 spiro atoms. The lowest BCUT2D eigenvalue weighted by Crippen LogP contribution is -2.05. The highest BCUT2D eigenvalue weighted by molar-refractivity contribution is 5.39. The van der Waals surface area contributed by atoms with Crippen LogP contribution in [0.4, 0.5) is 0 Å². The van der Waals surface area contributed by atoms with Crippen LogP contribution in [0.5, 0.6) is 23.0 Å². The Labute approximate surface area is 131 Å². The Hall–Kier alpha value is -2.36. The van der Waals surface area contributed by atoms with Crippen molar-refractivity contribution in [1.29, 1.82) is 0 Å².